The molecular formula is C16H30N2O3. The van der Waals surface area contributed by atoms with E-state index in [1.54, 1.807) is 12.0 Å². The van der Waals surface area contributed by atoms with Gasteiger partial charge in [0.2, 0.25) is 11.8 Å². The lowest BCUT2D eigenvalue weighted by molar-refractivity contribution is -0.154. The van der Waals surface area contributed by atoms with E-state index in [1.807, 2.05) is 6.92 Å². The van der Waals surface area contributed by atoms with E-state index in [1.165, 1.54) is 0 Å². The van der Waals surface area contributed by atoms with Crippen LogP contribution in [-0.2, 0) is 14.3 Å². The van der Waals surface area contributed by atoms with Crippen LogP contribution in [0.5, 0.6) is 0 Å². The van der Waals surface area contributed by atoms with E-state index < -0.39 is 6.04 Å². The number of hydrogen-bond acceptors (Lipinski definition) is 3. The standard InChI is InChI=1S/C16H30N2O3/c1-6-8-12(10-21-5)18-14(7-2)15(19)17-13(16(18)20)9-11(3)4/h11-14H,6-10H2,1-5H3,(H,17,19). The average molecular weight is 298 g/mol. The summed E-state index contributed by atoms with van der Waals surface area (Å²) in [7, 11) is 1.64. The van der Waals surface area contributed by atoms with Gasteiger partial charge in [0.25, 0.3) is 0 Å². The first-order valence-electron chi connectivity index (χ1n) is 8.07. The quantitative estimate of drug-likeness (QED) is 0.745. The number of piperazine rings is 1. The molecule has 122 valence electrons. The maximum absolute atomic E-state index is 12.8. The predicted octanol–water partition coefficient (Wildman–Crippen LogP) is 1.95. The molecule has 1 saturated heterocycles. The molecule has 1 aliphatic rings. The van der Waals surface area contributed by atoms with Crippen LogP contribution in [0.1, 0.15) is 53.4 Å². The third kappa shape index (κ3) is 4.43. The van der Waals surface area contributed by atoms with E-state index in [-0.39, 0.29) is 23.9 Å². The summed E-state index contributed by atoms with van der Waals surface area (Å²) in [4.78, 5) is 27.0. The lowest BCUT2D eigenvalue weighted by Gasteiger charge is -2.43. The first-order chi connectivity index (χ1) is 9.96. The normalized spacial score (nSPS) is 24.4. The minimum absolute atomic E-state index is 0.0156. The fourth-order valence-electron chi connectivity index (χ4n) is 3.07. The molecular weight excluding hydrogens is 268 g/mol. The van der Waals surface area contributed by atoms with Crippen LogP contribution in [0, 0.1) is 5.92 Å². The average Bonchev–Trinajstić information content (AvgIpc) is 2.41. The Balaban J connectivity index is 3.00. The molecule has 5 heteroatoms. The van der Waals surface area contributed by atoms with Crippen LogP contribution in [0.2, 0.25) is 0 Å². The van der Waals surface area contributed by atoms with Crippen LogP contribution in [0.25, 0.3) is 0 Å². The van der Waals surface area contributed by atoms with Gasteiger partial charge in [0.1, 0.15) is 12.1 Å². The summed E-state index contributed by atoms with van der Waals surface area (Å²) >= 11 is 0. The van der Waals surface area contributed by atoms with Crippen molar-refractivity contribution in [2.24, 2.45) is 5.92 Å². The maximum Gasteiger partial charge on any atom is 0.246 e. The highest BCUT2D eigenvalue weighted by molar-refractivity contribution is 5.97. The lowest BCUT2D eigenvalue weighted by atomic mass is 9.95. The zero-order chi connectivity index (χ0) is 16.0. The van der Waals surface area contributed by atoms with Gasteiger partial charge in [-0.05, 0) is 25.2 Å². The first kappa shape index (κ1) is 18.0. The smallest absolute Gasteiger partial charge is 0.246 e. The SMILES string of the molecule is CCCC(COC)N1C(=O)C(CC(C)C)NC(=O)C1CC. The van der Waals surface area contributed by atoms with Crippen molar-refractivity contribution in [3.63, 3.8) is 0 Å². The Morgan fingerprint density at radius 1 is 1.29 bits per heavy atom. The van der Waals surface area contributed by atoms with Crippen molar-refractivity contribution < 1.29 is 14.3 Å². The summed E-state index contributed by atoms with van der Waals surface area (Å²) in [5, 5.41) is 2.90. The van der Waals surface area contributed by atoms with Crippen molar-refractivity contribution in [1.29, 1.82) is 0 Å². The summed E-state index contributed by atoms with van der Waals surface area (Å²) in [6.07, 6.45) is 3.14. The predicted molar refractivity (Wildman–Crippen MR) is 82.9 cm³/mol. The van der Waals surface area contributed by atoms with E-state index >= 15 is 0 Å². The molecule has 0 bridgehead atoms. The van der Waals surface area contributed by atoms with Crippen LogP contribution < -0.4 is 5.32 Å². The van der Waals surface area contributed by atoms with Gasteiger partial charge >= 0.3 is 0 Å². The van der Waals surface area contributed by atoms with Crippen molar-refractivity contribution in [3.05, 3.63) is 0 Å². The van der Waals surface area contributed by atoms with Crippen molar-refractivity contribution in [2.45, 2.75) is 71.5 Å². The van der Waals surface area contributed by atoms with Gasteiger partial charge in [0.15, 0.2) is 0 Å². The van der Waals surface area contributed by atoms with Crippen LogP contribution in [-0.4, -0.2) is 48.6 Å². The minimum atomic E-state index is -0.392. The number of nitrogens with one attached hydrogen (secondary N) is 1. The van der Waals surface area contributed by atoms with Crippen LogP contribution in [0.15, 0.2) is 0 Å². The molecule has 0 saturated carbocycles. The molecule has 0 spiro atoms. The number of nitrogens with zero attached hydrogens (tertiary/aromatic N) is 1. The number of ether oxygens (including phenoxy) is 1. The summed E-state index contributed by atoms with van der Waals surface area (Å²) in [5.41, 5.74) is 0. The largest absolute Gasteiger partial charge is 0.383 e. The molecule has 1 fully saturated rings. The fraction of sp³-hybridized carbons (Fsp3) is 0.875. The second kappa shape index (κ2) is 8.37. The molecule has 0 aliphatic carbocycles. The van der Waals surface area contributed by atoms with Gasteiger partial charge in [-0.3, -0.25) is 9.59 Å². The Morgan fingerprint density at radius 2 is 1.95 bits per heavy atom. The highest BCUT2D eigenvalue weighted by atomic mass is 16.5. The molecule has 0 aromatic heterocycles. The molecule has 21 heavy (non-hydrogen) atoms. The van der Waals surface area contributed by atoms with Gasteiger partial charge in [-0.15, -0.1) is 0 Å². The summed E-state index contributed by atoms with van der Waals surface area (Å²) < 4.78 is 5.28. The van der Waals surface area contributed by atoms with Crippen LogP contribution in [0.4, 0.5) is 0 Å². The van der Waals surface area contributed by atoms with Gasteiger partial charge in [0, 0.05) is 7.11 Å². The molecule has 1 rings (SSSR count). The Hall–Kier alpha value is -1.10. The zero-order valence-corrected chi connectivity index (χ0v) is 14.0. The van der Waals surface area contributed by atoms with E-state index in [0.29, 0.717) is 25.4 Å². The van der Waals surface area contributed by atoms with E-state index in [4.69, 9.17) is 4.74 Å². The monoisotopic (exact) mass is 298 g/mol. The molecule has 3 unspecified atom stereocenters. The lowest BCUT2D eigenvalue weighted by Crippen LogP contribution is -2.66. The molecule has 0 radical (unpaired) electrons. The molecule has 1 aliphatic heterocycles. The molecule has 1 heterocycles. The van der Waals surface area contributed by atoms with Crippen molar-refractivity contribution in [1.82, 2.24) is 10.2 Å². The molecule has 1 N–H and O–H groups in total. The first-order valence-corrected chi connectivity index (χ1v) is 8.07. The van der Waals surface area contributed by atoms with E-state index in [0.717, 1.165) is 12.8 Å². The topological polar surface area (TPSA) is 58.6 Å². The minimum Gasteiger partial charge on any atom is -0.383 e. The summed E-state index contributed by atoms with van der Waals surface area (Å²) in [6, 6.07) is -0.776. The number of amides is 2. The number of methoxy groups -OCH3 is 1. The molecule has 0 aromatic rings. The highest BCUT2D eigenvalue weighted by Gasteiger charge is 2.42. The number of carbonyl (C=O) groups excluding carboxylic acids is 2. The Labute approximate surface area is 128 Å². The molecule has 0 aromatic carbocycles. The Bertz CT molecular complexity index is 351. The number of carbonyl (C=O) groups is 2. The second-order valence-electron chi connectivity index (χ2n) is 6.26. The highest BCUT2D eigenvalue weighted by Crippen LogP contribution is 2.22. The Morgan fingerprint density at radius 3 is 2.43 bits per heavy atom. The van der Waals surface area contributed by atoms with E-state index in [2.05, 4.69) is 26.1 Å². The van der Waals surface area contributed by atoms with Gasteiger partial charge in [-0.2, -0.15) is 0 Å². The Kier molecular flexibility index (Phi) is 7.15. The second-order valence-corrected chi connectivity index (χ2v) is 6.26. The van der Waals surface area contributed by atoms with Gasteiger partial charge < -0.3 is 15.0 Å². The summed E-state index contributed by atoms with van der Waals surface area (Å²) in [5.74, 6) is 0.386. The van der Waals surface area contributed by atoms with Crippen LogP contribution in [0.3, 0.4) is 0 Å². The molecule has 2 amide bonds. The number of hydrogen-bond donors (Lipinski definition) is 1. The molecule has 5 nitrogen and oxygen atoms in total. The molecule has 3 atom stereocenters. The maximum atomic E-state index is 12.8. The van der Waals surface area contributed by atoms with Gasteiger partial charge in [-0.1, -0.05) is 34.1 Å². The fourth-order valence-corrected chi connectivity index (χ4v) is 3.07. The third-order valence-electron chi connectivity index (χ3n) is 3.98. The third-order valence-corrected chi connectivity index (χ3v) is 3.98. The van der Waals surface area contributed by atoms with Crippen molar-refractivity contribution in [2.75, 3.05) is 13.7 Å². The summed E-state index contributed by atoms with van der Waals surface area (Å²) in [6.45, 7) is 8.65. The number of rotatable bonds is 8. The van der Waals surface area contributed by atoms with E-state index in [9.17, 15) is 9.59 Å². The van der Waals surface area contributed by atoms with Crippen molar-refractivity contribution in [3.8, 4) is 0 Å². The zero-order valence-electron chi connectivity index (χ0n) is 14.0. The van der Waals surface area contributed by atoms with Crippen LogP contribution >= 0.6 is 0 Å². The van der Waals surface area contributed by atoms with Crippen molar-refractivity contribution >= 4 is 11.8 Å². The van der Waals surface area contributed by atoms with Gasteiger partial charge in [0.05, 0.1) is 12.6 Å². The van der Waals surface area contributed by atoms with Gasteiger partial charge in [-0.25, -0.2) is 0 Å².